The van der Waals surface area contributed by atoms with Crippen LogP contribution in [0.15, 0.2) is 57.4 Å². The SMILES string of the molecule is O=C(c1ccco1)N1CCCc2ccc(NS(=O)(=O)c3ccc(Cl)s3)cc21. The van der Waals surface area contributed by atoms with Crippen molar-refractivity contribution < 1.29 is 17.6 Å². The van der Waals surface area contributed by atoms with Crippen molar-refractivity contribution in [3.05, 3.63) is 64.4 Å². The van der Waals surface area contributed by atoms with Gasteiger partial charge in [0.2, 0.25) is 0 Å². The number of aryl methyl sites for hydroxylation is 1. The first-order valence-corrected chi connectivity index (χ1v) is 10.9. The van der Waals surface area contributed by atoms with Crippen LogP contribution in [0.1, 0.15) is 22.5 Å². The summed E-state index contributed by atoms with van der Waals surface area (Å²) in [4.78, 5) is 14.3. The fraction of sp³-hybridized carbons (Fsp3) is 0.167. The van der Waals surface area contributed by atoms with Crippen molar-refractivity contribution in [2.45, 2.75) is 17.1 Å². The molecule has 3 aromatic rings. The molecule has 0 fully saturated rings. The minimum Gasteiger partial charge on any atom is -0.459 e. The van der Waals surface area contributed by atoms with Gasteiger partial charge in [-0.2, -0.15) is 0 Å². The van der Waals surface area contributed by atoms with Crippen LogP contribution in [-0.2, 0) is 16.4 Å². The standard InChI is InChI=1S/C18H15ClN2O4S2/c19-16-7-8-17(26-16)27(23,24)20-13-6-5-12-3-1-9-21(14(12)11-13)18(22)15-4-2-10-25-15/h2,4-8,10-11,20H,1,3,9H2. The summed E-state index contributed by atoms with van der Waals surface area (Å²) < 4.78 is 33.4. The van der Waals surface area contributed by atoms with Crippen LogP contribution in [0.4, 0.5) is 11.4 Å². The number of benzene rings is 1. The summed E-state index contributed by atoms with van der Waals surface area (Å²) in [5, 5.41) is 0. The highest BCUT2D eigenvalue weighted by Gasteiger charge is 2.26. The summed E-state index contributed by atoms with van der Waals surface area (Å²) in [7, 11) is -3.74. The number of nitrogens with one attached hydrogen (secondary N) is 1. The summed E-state index contributed by atoms with van der Waals surface area (Å²) >= 11 is 6.82. The largest absolute Gasteiger partial charge is 0.459 e. The third kappa shape index (κ3) is 3.60. The lowest BCUT2D eigenvalue weighted by molar-refractivity contribution is 0.0958. The van der Waals surface area contributed by atoms with Gasteiger partial charge in [0.25, 0.3) is 15.9 Å². The number of carbonyl (C=O) groups is 1. The molecule has 140 valence electrons. The molecule has 27 heavy (non-hydrogen) atoms. The van der Waals surface area contributed by atoms with Gasteiger partial charge >= 0.3 is 0 Å². The van der Waals surface area contributed by atoms with Gasteiger partial charge in [0.1, 0.15) is 4.21 Å². The van der Waals surface area contributed by atoms with Gasteiger partial charge in [0.05, 0.1) is 16.3 Å². The lowest BCUT2D eigenvalue weighted by atomic mass is 10.0. The molecule has 0 saturated carbocycles. The van der Waals surface area contributed by atoms with Crippen LogP contribution in [0.3, 0.4) is 0 Å². The molecule has 0 unspecified atom stereocenters. The molecule has 1 aromatic carbocycles. The van der Waals surface area contributed by atoms with E-state index in [0.717, 1.165) is 29.7 Å². The molecule has 9 heteroatoms. The molecule has 2 aromatic heterocycles. The van der Waals surface area contributed by atoms with Crippen LogP contribution >= 0.6 is 22.9 Å². The summed E-state index contributed by atoms with van der Waals surface area (Å²) in [6, 6.07) is 11.5. The predicted molar refractivity (Wildman–Crippen MR) is 105 cm³/mol. The first-order valence-electron chi connectivity index (χ1n) is 8.20. The highest BCUT2D eigenvalue weighted by Crippen LogP contribution is 2.33. The summed E-state index contributed by atoms with van der Waals surface area (Å²) in [6.07, 6.45) is 3.11. The summed E-state index contributed by atoms with van der Waals surface area (Å²) in [5.41, 5.74) is 2.06. The Morgan fingerprint density at radius 3 is 2.78 bits per heavy atom. The Balaban J connectivity index is 1.66. The smallest absolute Gasteiger partial charge is 0.293 e. The fourth-order valence-electron chi connectivity index (χ4n) is 3.03. The lowest BCUT2D eigenvalue weighted by Crippen LogP contribution is -2.35. The molecule has 6 nitrogen and oxygen atoms in total. The number of furan rings is 1. The van der Waals surface area contributed by atoms with E-state index < -0.39 is 10.0 Å². The van der Waals surface area contributed by atoms with E-state index in [1.54, 1.807) is 29.2 Å². The molecular weight excluding hydrogens is 408 g/mol. The molecule has 0 spiro atoms. The Hall–Kier alpha value is -2.29. The van der Waals surface area contributed by atoms with E-state index in [9.17, 15) is 13.2 Å². The van der Waals surface area contributed by atoms with Gasteiger partial charge in [-0.3, -0.25) is 9.52 Å². The Bertz CT molecular complexity index is 1090. The fourth-order valence-corrected chi connectivity index (χ4v) is 5.56. The summed E-state index contributed by atoms with van der Waals surface area (Å²) in [6.45, 7) is 0.545. The van der Waals surface area contributed by atoms with Gasteiger partial charge in [0, 0.05) is 12.2 Å². The Morgan fingerprint density at radius 2 is 2.07 bits per heavy atom. The van der Waals surface area contributed by atoms with Crippen LogP contribution < -0.4 is 9.62 Å². The highest BCUT2D eigenvalue weighted by molar-refractivity contribution is 7.94. The average Bonchev–Trinajstić information content (AvgIpc) is 3.32. The molecule has 1 aliphatic heterocycles. The Kier molecular flexibility index (Phi) is 4.71. The minimum atomic E-state index is -3.74. The van der Waals surface area contributed by atoms with E-state index in [1.807, 2.05) is 6.07 Å². The van der Waals surface area contributed by atoms with Crippen molar-refractivity contribution in [3.63, 3.8) is 0 Å². The van der Waals surface area contributed by atoms with E-state index in [1.165, 1.54) is 18.4 Å². The van der Waals surface area contributed by atoms with Crippen LogP contribution in [-0.4, -0.2) is 20.9 Å². The number of rotatable bonds is 4. The first-order chi connectivity index (χ1) is 12.9. The maximum absolute atomic E-state index is 12.7. The van der Waals surface area contributed by atoms with Crippen LogP contribution in [0.5, 0.6) is 0 Å². The van der Waals surface area contributed by atoms with Gasteiger partial charge in [-0.05, 0) is 54.8 Å². The molecule has 0 radical (unpaired) electrons. The zero-order chi connectivity index (χ0) is 19.0. The first kappa shape index (κ1) is 18.1. The molecule has 0 saturated heterocycles. The van der Waals surface area contributed by atoms with Crippen molar-refractivity contribution in [1.29, 1.82) is 0 Å². The highest BCUT2D eigenvalue weighted by atomic mass is 35.5. The monoisotopic (exact) mass is 422 g/mol. The second-order valence-corrected chi connectivity index (χ2v) is 9.67. The van der Waals surface area contributed by atoms with E-state index in [-0.39, 0.29) is 15.9 Å². The van der Waals surface area contributed by atoms with Gasteiger partial charge in [0.15, 0.2) is 5.76 Å². The predicted octanol–water partition coefficient (Wildman–Crippen LogP) is 4.39. The quantitative estimate of drug-likeness (QED) is 0.676. The van der Waals surface area contributed by atoms with Crippen molar-refractivity contribution >= 4 is 50.2 Å². The van der Waals surface area contributed by atoms with Gasteiger partial charge < -0.3 is 9.32 Å². The lowest BCUT2D eigenvalue weighted by Gasteiger charge is -2.29. The second kappa shape index (κ2) is 7.03. The van der Waals surface area contributed by atoms with Crippen LogP contribution in [0.2, 0.25) is 4.34 Å². The van der Waals surface area contributed by atoms with E-state index in [2.05, 4.69) is 4.72 Å². The van der Waals surface area contributed by atoms with Crippen LogP contribution in [0.25, 0.3) is 0 Å². The number of hydrogen-bond donors (Lipinski definition) is 1. The van der Waals surface area contributed by atoms with Crippen molar-refractivity contribution in [2.75, 3.05) is 16.2 Å². The van der Waals surface area contributed by atoms with Gasteiger partial charge in [-0.1, -0.05) is 17.7 Å². The number of nitrogens with zero attached hydrogens (tertiary/aromatic N) is 1. The van der Waals surface area contributed by atoms with Crippen LogP contribution in [0, 0.1) is 0 Å². The zero-order valence-electron chi connectivity index (χ0n) is 14.0. The number of sulfonamides is 1. The number of thiophene rings is 1. The van der Waals surface area contributed by atoms with E-state index in [0.29, 0.717) is 22.3 Å². The molecule has 1 amide bonds. The third-order valence-electron chi connectivity index (χ3n) is 4.25. The number of halogens is 1. The molecular formula is C18H15ClN2O4S2. The molecule has 1 aliphatic rings. The number of carbonyl (C=O) groups excluding carboxylic acids is 1. The molecule has 0 aliphatic carbocycles. The van der Waals surface area contributed by atoms with Crippen molar-refractivity contribution in [1.82, 2.24) is 0 Å². The third-order valence-corrected chi connectivity index (χ3v) is 7.35. The second-order valence-electron chi connectivity index (χ2n) is 6.05. The maximum atomic E-state index is 12.7. The van der Waals surface area contributed by atoms with E-state index in [4.69, 9.17) is 16.0 Å². The normalized spacial score (nSPS) is 14.0. The summed E-state index contributed by atoms with van der Waals surface area (Å²) in [5.74, 6) is 0.00746. The topological polar surface area (TPSA) is 79.6 Å². The Labute approximate surface area is 165 Å². The molecule has 3 heterocycles. The average molecular weight is 423 g/mol. The number of anilines is 2. The van der Waals surface area contributed by atoms with Gasteiger partial charge in [-0.15, -0.1) is 11.3 Å². The zero-order valence-corrected chi connectivity index (χ0v) is 16.4. The van der Waals surface area contributed by atoms with Crippen molar-refractivity contribution in [2.24, 2.45) is 0 Å². The number of fused-ring (bicyclic) bond motifs is 1. The van der Waals surface area contributed by atoms with E-state index >= 15 is 0 Å². The van der Waals surface area contributed by atoms with Crippen molar-refractivity contribution in [3.8, 4) is 0 Å². The van der Waals surface area contributed by atoms with Gasteiger partial charge in [-0.25, -0.2) is 8.42 Å². The molecule has 0 atom stereocenters. The number of hydrogen-bond acceptors (Lipinski definition) is 5. The Morgan fingerprint density at radius 1 is 1.22 bits per heavy atom. The minimum absolute atomic E-state index is 0.133. The molecule has 4 rings (SSSR count). The molecule has 1 N–H and O–H groups in total. The molecule has 0 bridgehead atoms. The maximum Gasteiger partial charge on any atom is 0.293 e. The number of amides is 1.